The van der Waals surface area contributed by atoms with Gasteiger partial charge in [-0.05, 0) is 29.8 Å². The van der Waals surface area contributed by atoms with Gasteiger partial charge in [0.2, 0.25) is 0 Å². The molecule has 0 unspecified atom stereocenters. The zero-order chi connectivity index (χ0) is 20.3. The molecule has 0 saturated carbocycles. The summed E-state index contributed by atoms with van der Waals surface area (Å²) in [6, 6.07) is 11.9. The van der Waals surface area contributed by atoms with Crippen molar-refractivity contribution in [3.63, 3.8) is 0 Å². The Kier molecular flexibility index (Phi) is 5.58. The molecule has 2 aromatic carbocycles. The lowest BCUT2D eigenvalue weighted by atomic mass is 9.88. The molecular weight excluding hydrogens is 374 g/mol. The smallest absolute Gasteiger partial charge is 0.387 e. The predicted octanol–water partition coefficient (Wildman–Crippen LogP) is 3.80. The fraction of sp³-hybridized carbons (Fsp3) is 0.200. The minimum absolute atomic E-state index is 0.146. The van der Waals surface area contributed by atoms with Crippen LogP contribution in [0.2, 0.25) is 0 Å². The molecule has 28 heavy (non-hydrogen) atoms. The highest BCUT2D eigenvalue weighted by molar-refractivity contribution is 5.84. The number of rotatable bonds is 6. The molecule has 6 nitrogen and oxygen atoms in total. The van der Waals surface area contributed by atoms with Crippen LogP contribution in [0.25, 0.3) is 11.0 Å². The Bertz CT molecular complexity index is 1060. The van der Waals surface area contributed by atoms with E-state index in [1.165, 1.54) is 37.4 Å². The number of esters is 1. The summed E-state index contributed by atoms with van der Waals surface area (Å²) in [7, 11) is 1.18. The van der Waals surface area contributed by atoms with E-state index in [1.807, 2.05) is 0 Å². The maximum Gasteiger partial charge on any atom is 0.387 e. The molecule has 0 aliphatic rings. The van der Waals surface area contributed by atoms with E-state index in [9.17, 15) is 23.5 Å². The zero-order valence-electron chi connectivity index (χ0n) is 14.7. The minimum Gasteiger partial charge on any atom is -0.507 e. The van der Waals surface area contributed by atoms with Crippen molar-refractivity contribution in [1.82, 2.24) is 0 Å². The van der Waals surface area contributed by atoms with Crippen LogP contribution in [-0.4, -0.2) is 24.8 Å². The molecule has 0 aliphatic heterocycles. The van der Waals surface area contributed by atoms with Gasteiger partial charge in [0.15, 0.2) is 0 Å². The van der Waals surface area contributed by atoms with Crippen LogP contribution < -0.4 is 10.4 Å². The highest BCUT2D eigenvalue weighted by atomic mass is 19.3. The number of alkyl halides is 2. The number of benzene rings is 2. The maximum atomic E-state index is 12.6. The Morgan fingerprint density at radius 3 is 2.64 bits per heavy atom. The second-order valence-corrected chi connectivity index (χ2v) is 5.93. The van der Waals surface area contributed by atoms with E-state index in [0.29, 0.717) is 5.56 Å². The van der Waals surface area contributed by atoms with Crippen molar-refractivity contribution < 1.29 is 32.6 Å². The number of methoxy groups -OCH3 is 1. The first kappa shape index (κ1) is 19.3. The van der Waals surface area contributed by atoms with Gasteiger partial charge in [-0.15, -0.1) is 0 Å². The highest BCUT2D eigenvalue weighted by Gasteiger charge is 2.27. The van der Waals surface area contributed by atoms with Crippen molar-refractivity contribution in [2.45, 2.75) is 19.0 Å². The van der Waals surface area contributed by atoms with Gasteiger partial charge in [0.05, 0.1) is 24.5 Å². The Hall–Kier alpha value is -3.42. The average molecular weight is 390 g/mol. The fourth-order valence-corrected chi connectivity index (χ4v) is 3.00. The molecule has 0 fully saturated rings. The van der Waals surface area contributed by atoms with Crippen LogP contribution in [-0.2, 0) is 9.53 Å². The van der Waals surface area contributed by atoms with Gasteiger partial charge in [0, 0.05) is 5.92 Å². The Morgan fingerprint density at radius 1 is 1.18 bits per heavy atom. The maximum absolute atomic E-state index is 12.6. The van der Waals surface area contributed by atoms with E-state index in [0.717, 1.165) is 0 Å². The second kappa shape index (κ2) is 8.08. The molecule has 0 amide bonds. The van der Waals surface area contributed by atoms with E-state index in [1.54, 1.807) is 18.2 Å². The van der Waals surface area contributed by atoms with Gasteiger partial charge in [-0.1, -0.05) is 24.3 Å². The normalized spacial score (nSPS) is 12.1. The van der Waals surface area contributed by atoms with Gasteiger partial charge in [0.25, 0.3) is 0 Å². The van der Waals surface area contributed by atoms with Crippen LogP contribution in [0.1, 0.15) is 23.5 Å². The molecule has 0 aliphatic carbocycles. The highest BCUT2D eigenvalue weighted by Crippen LogP contribution is 2.37. The number of fused-ring (bicyclic) bond motifs is 1. The van der Waals surface area contributed by atoms with Crippen LogP contribution in [0.15, 0.2) is 57.7 Å². The van der Waals surface area contributed by atoms with Crippen LogP contribution in [0, 0.1) is 0 Å². The van der Waals surface area contributed by atoms with Crippen LogP contribution in [0.3, 0.4) is 0 Å². The fourth-order valence-electron chi connectivity index (χ4n) is 3.00. The lowest BCUT2D eigenvalue weighted by Gasteiger charge is -2.18. The monoisotopic (exact) mass is 390 g/mol. The first-order chi connectivity index (χ1) is 13.4. The van der Waals surface area contributed by atoms with Crippen LogP contribution in [0.4, 0.5) is 8.78 Å². The molecule has 1 N–H and O–H groups in total. The molecular formula is C20H16F2O6. The number of ether oxygens (including phenoxy) is 2. The van der Waals surface area contributed by atoms with Gasteiger partial charge in [-0.25, -0.2) is 4.79 Å². The van der Waals surface area contributed by atoms with E-state index < -0.39 is 24.1 Å². The molecule has 0 saturated heterocycles. The number of carbonyl (C=O) groups is 1. The Morgan fingerprint density at radius 2 is 1.93 bits per heavy atom. The van der Waals surface area contributed by atoms with E-state index in [4.69, 9.17) is 4.42 Å². The average Bonchev–Trinajstić information content (AvgIpc) is 2.66. The quantitative estimate of drug-likeness (QED) is 0.509. The topological polar surface area (TPSA) is 86.0 Å². The third kappa shape index (κ3) is 3.95. The van der Waals surface area contributed by atoms with Crippen molar-refractivity contribution in [3.05, 3.63) is 70.1 Å². The number of para-hydroxylation sites is 1. The van der Waals surface area contributed by atoms with Gasteiger partial charge < -0.3 is 19.0 Å². The summed E-state index contributed by atoms with van der Waals surface area (Å²) in [6.07, 6.45) is -0.314. The van der Waals surface area contributed by atoms with Crippen LogP contribution >= 0.6 is 0 Å². The largest absolute Gasteiger partial charge is 0.507 e. The lowest BCUT2D eigenvalue weighted by molar-refractivity contribution is -0.140. The van der Waals surface area contributed by atoms with E-state index >= 15 is 0 Å². The summed E-state index contributed by atoms with van der Waals surface area (Å²) in [5, 5.41) is 11.0. The first-order valence-electron chi connectivity index (χ1n) is 8.27. The molecule has 0 spiro atoms. The van der Waals surface area contributed by atoms with Crippen molar-refractivity contribution in [2.24, 2.45) is 0 Å². The van der Waals surface area contributed by atoms with Gasteiger partial charge >= 0.3 is 18.2 Å². The van der Waals surface area contributed by atoms with Gasteiger partial charge in [0.1, 0.15) is 17.1 Å². The third-order valence-electron chi connectivity index (χ3n) is 4.25. The summed E-state index contributed by atoms with van der Waals surface area (Å²) >= 11 is 0. The van der Waals surface area contributed by atoms with Crippen molar-refractivity contribution in [2.75, 3.05) is 7.11 Å². The summed E-state index contributed by atoms with van der Waals surface area (Å²) in [4.78, 5) is 24.5. The predicted molar refractivity (Wildman–Crippen MR) is 95.7 cm³/mol. The molecule has 3 rings (SSSR count). The van der Waals surface area contributed by atoms with E-state index in [-0.39, 0.29) is 34.5 Å². The van der Waals surface area contributed by atoms with Crippen molar-refractivity contribution >= 4 is 16.9 Å². The molecule has 3 aromatic rings. The number of aromatic hydroxyl groups is 1. The summed E-state index contributed by atoms with van der Waals surface area (Å²) in [6.45, 7) is -3.03. The Labute approximate surface area is 157 Å². The summed E-state index contributed by atoms with van der Waals surface area (Å²) in [5.74, 6) is -2.14. The summed E-state index contributed by atoms with van der Waals surface area (Å²) in [5.41, 5.74) is -0.523. The number of halogens is 2. The van der Waals surface area contributed by atoms with Gasteiger partial charge in [-0.3, -0.25) is 4.79 Å². The first-order valence-corrected chi connectivity index (χ1v) is 8.27. The Balaban J connectivity index is 2.18. The zero-order valence-corrected chi connectivity index (χ0v) is 14.7. The number of hydrogen-bond donors (Lipinski definition) is 1. The SMILES string of the molecule is COC(=O)C[C@H](c1cccc(OC(F)F)c1)c1c(O)c2ccccc2oc1=O. The lowest BCUT2D eigenvalue weighted by Crippen LogP contribution is -2.18. The van der Waals surface area contributed by atoms with Crippen molar-refractivity contribution in [3.8, 4) is 11.5 Å². The third-order valence-corrected chi connectivity index (χ3v) is 4.25. The van der Waals surface area contributed by atoms with E-state index in [2.05, 4.69) is 9.47 Å². The molecule has 1 atom stereocenters. The van der Waals surface area contributed by atoms with Crippen molar-refractivity contribution in [1.29, 1.82) is 0 Å². The summed E-state index contributed by atoms with van der Waals surface area (Å²) < 4.78 is 39.4. The molecule has 0 radical (unpaired) electrons. The number of hydrogen-bond acceptors (Lipinski definition) is 6. The van der Waals surface area contributed by atoms with Crippen LogP contribution in [0.5, 0.6) is 11.5 Å². The molecule has 1 heterocycles. The molecule has 0 bridgehead atoms. The molecule has 8 heteroatoms. The minimum atomic E-state index is -3.03. The van der Waals surface area contributed by atoms with Gasteiger partial charge in [-0.2, -0.15) is 8.78 Å². The number of carbonyl (C=O) groups excluding carboxylic acids is 1. The second-order valence-electron chi connectivity index (χ2n) is 5.93. The molecule has 1 aromatic heterocycles. The molecule has 146 valence electrons. The standard InChI is InChI=1S/C20H16F2O6/c1-26-16(23)10-14(11-5-4-6-12(9-11)27-20(21)22)17-18(24)13-7-2-3-8-15(13)28-19(17)25/h2-9,14,20,24H,10H2,1H3/t14-/m1/s1.